The van der Waals surface area contributed by atoms with Gasteiger partial charge < -0.3 is 10.1 Å². The van der Waals surface area contributed by atoms with E-state index >= 15 is 0 Å². The molecule has 1 aromatic carbocycles. The van der Waals surface area contributed by atoms with Crippen molar-refractivity contribution in [2.75, 3.05) is 6.61 Å². The van der Waals surface area contributed by atoms with Crippen LogP contribution in [-0.2, 0) is 9.59 Å². The van der Waals surface area contributed by atoms with Gasteiger partial charge in [-0.1, -0.05) is 58.6 Å². The predicted molar refractivity (Wildman–Crippen MR) is 116 cm³/mol. The van der Waals surface area contributed by atoms with Gasteiger partial charge in [0.15, 0.2) is 11.7 Å². The summed E-state index contributed by atoms with van der Waals surface area (Å²) in [6.45, 7) is 8.13. The minimum Gasteiger partial charge on any atom is -0.483 e. The number of aryl methyl sites for hydroxylation is 1. The first-order chi connectivity index (χ1) is 13.3. The number of hydrogen-bond donors (Lipinski definition) is 3. The molecule has 156 valence electrons. The molecule has 28 heavy (non-hydrogen) atoms. The van der Waals surface area contributed by atoms with Gasteiger partial charge in [0.25, 0.3) is 5.91 Å². The largest absolute Gasteiger partial charge is 0.483 e. The summed E-state index contributed by atoms with van der Waals surface area (Å²) in [6, 6.07) is 5.95. The second-order valence-corrected chi connectivity index (χ2v) is 7.61. The van der Waals surface area contributed by atoms with Gasteiger partial charge in [0.05, 0.1) is 0 Å². The highest BCUT2D eigenvalue weighted by Gasteiger charge is 2.11. The SMILES string of the molecule is CCCCCCCC(=O)NC(=S)NNC(=O)COc1cc(C)ccc1C(C)C. The van der Waals surface area contributed by atoms with Crippen LogP contribution in [-0.4, -0.2) is 23.5 Å². The number of thiocarbonyl (C=S) groups is 1. The van der Waals surface area contributed by atoms with Gasteiger partial charge >= 0.3 is 0 Å². The first-order valence-electron chi connectivity index (χ1n) is 9.95. The normalized spacial score (nSPS) is 10.5. The van der Waals surface area contributed by atoms with Crippen LogP contribution in [0, 0.1) is 6.92 Å². The molecule has 0 radical (unpaired) electrons. The molecule has 2 amide bonds. The fourth-order valence-electron chi connectivity index (χ4n) is 2.66. The molecule has 0 bridgehead atoms. The number of carbonyl (C=O) groups excluding carboxylic acids is 2. The lowest BCUT2D eigenvalue weighted by Gasteiger charge is -2.15. The fourth-order valence-corrected chi connectivity index (χ4v) is 2.82. The molecule has 1 rings (SSSR count). The molecular weight excluding hydrogens is 374 g/mol. The lowest BCUT2D eigenvalue weighted by molar-refractivity contribution is -0.124. The molecule has 0 atom stereocenters. The van der Waals surface area contributed by atoms with Crippen LogP contribution >= 0.6 is 12.2 Å². The van der Waals surface area contributed by atoms with Gasteiger partial charge in [-0.05, 0) is 48.7 Å². The van der Waals surface area contributed by atoms with E-state index in [9.17, 15) is 9.59 Å². The number of ether oxygens (including phenoxy) is 1. The highest BCUT2D eigenvalue weighted by Crippen LogP contribution is 2.27. The maximum Gasteiger partial charge on any atom is 0.276 e. The average Bonchev–Trinajstić information content (AvgIpc) is 2.64. The molecule has 0 saturated heterocycles. The predicted octanol–water partition coefficient (Wildman–Crippen LogP) is 3.88. The van der Waals surface area contributed by atoms with Gasteiger partial charge in [-0.2, -0.15) is 0 Å². The molecule has 1 aromatic rings. The minimum atomic E-state index is -0.382. The highest BCUT2D eigenvalue weighted by atomic mass is 32.1. The Kier molecular flexibility index (Phi) is 11.2. The maximum absolute atomic E-state index is 12.0. The third-order valence-electron chi connectivity index (χ3n) is 4.23. The summed E-state index contributed by atoms with van der Waals surface area (Å²) in [4.78, 5) is 23.8. The van der Waals surface area contributed by atoms with E-state index in [0.29, 0.717) is 18.1 Å². The van der Waals surface area contributed by atoms with E-state index in [1.165, 1.54) is 12.8 Å². The van der Waals surface area contributed by atoms with Crippen molar-refractivity contribution >= 4 is 29.1 Å². The van der Waals surface area contributed by atoms with Crippen LogP contribution in [0.5, 0.6) is 5.75 Å². The molecule has 0 spiro atoms. The van der Waals surface area contributed by atoms with Crippen molar-refractivity contribution < 1.29 is 14.3 Å². The Hall–Kier alpha value is -2.15. The number of unbranched alkanes of at least 4 members (excludes halogenated alkanes) is 4. The minimum absolute atomic E-state index is 0.0744. The van der Waals surface area contributed by atoms with Crippen LogP contribution in [0.15, 0.2) is 18.2 Å². The van der Waals surface area contributed by atoms with E-state index in [4.69, 9.17) is 17.0 Å². The molecule has 3 N–H and O–H groups in total. The topological polar surface area (TPSA) is 79.5 Å². The van der Waals surface area contributed by atoms with E-state index in [0.717, 1.165) is 30.4 Å². The average molecular weight is 408 g/mol. The van der Waals surface area contributed by atoms with E-state index in [1.807, 2.05) is 25.1 Å². The second-order valence-electron chi connectivity index (χ2n) is 7.20. The zero-order valence-electron chi connectivity index (χ0n) is 17.4. The number of benzene rings is 1. The summed E-state index contributed by atoms with van der Waals surface area (Å²) in [5.41, 5.74) is 7.08. The Morgan fingerprint density at radius 2 is 1.79 bits per heavy atom. The van der Waals surface area contributed by atoms with Crippen molar-refractivity contribution in [1.29, 1.82) is 0 Å². The van der Waals surface area contributed by atoms with Crippen molar-refractivity contribution in [2.24, 2.45) is 0 Å². The maximum atomic E-state index is 12.0. The first-order valence-corrected chi connectivity index (χ1v) is 10.4. The molecule has 0 aliphatic heterocycles. The molecule has 0 aliphatic carbocycles. The molecule has 0 aliphatic rings. The van der Waals surface area contributed by atoms with E-state index in [1.54, 1.807) is 0 Å². The molecule has 0 saturated carbocycles. The Labute approximate surface area is 173 Å². The van der Waals surface area contributed by atoms with Gasteiger partial charge in [-0.15, -0.1) is 0 Å². The third kappa shape index (κ3) is 9.69. The zero-order valence-corrected chi connectivity index (χ0v) is 18.2. The van der Waals surface area contributed by atoms with Gasteiger partial charge in [-0.25, -0.2) is 0 Å². The molecule has 7 heteroatoms. The van der Waals surface area contributed by atoms with Gasteiger partial charge in [0.1, 0.15) is 5.75 Å². The molecule has 0 fully saturated rings. The number of carbonyl (C=O) groups is 2. The van der Waals surface area contributed by atoms with Gasteiger partial charge in [0, 0.05) is 6.42 Å². The van der Waals surface area contributed by atoms with Crippen molar-refractivity contribution in [1.82, 2.24) is 16.2 Å². The highest BCUT2D eigenvalue weighted by molar-refractivity contribution is 7.80. The standard InChI is InChI=1S/C21H33N3O3S/c1-5-6-7-8-9-10-19(25)22-21(28)24-23-20(26)14-27-18-13-16(4)11-12-17(18)15(2)3/h11-13,15H,5-10,14H2,1-4H3,(H,23,26)(H2,22,24,25,28). The summed E-state index contributed by atoms with van der Waals surface area (Å²) in [5, 5.41) is 2.63. The van der Waals surface area contributed by atoms with Crippen LogP contribution in [0.4, 0.5) is 0 Å². The molecular formula is C21H33N3O3S. The number of nitrogens with one attached hydrogen (secondary N) is 3. The summed E-state index contributed by atoms with van der Waals surface area (Å²) < 4.78 is 5.66. The molecule has 0 heterocycles. The van der Waals surface area contributed by atoms with E-state index in [-0.39, 0.29) is 23.5 Å². The monoisotopic (exact) mass is 407 g/mol. The lowest BCUT2D eigenvalue weighted by atomic mass is 10.0. The Bertz CT molecular complexity index is 662. The summed E-state index contributed by atoms with van der Waals surface area (Å²) >= 11 is 5.02. The number of hydrogen-bond acceptors (Lipinski definition) is 4. The van der Waals surface area contributed by atoms with Gasteiger partial charge in [-0.3, -0.25) is 20.4 Å². The fraction of sp³-hybridized carbons (Fsp3) is 0.571. The molecule has 0 unspecified atom stereocenters. The summed E-state index contributed by atoms with van der Waals surface area (Å²) in [5.74, 6) is 0.457. The zero-order chi connectivity index (χ0) is 20.9. The smallest absolute Gasteiger partial charge is 0.276 e. The number of rotatable bonds is 10. The molecule has 0 aromatic heterocycles. The van der Waals surface area contributed by atoms with Crippen molar-refractivity contribution in [3.05, 3.63) is 29.3 Å². The van der Waals surface area contributed by atoms with E-state index in [2.05, 4.69) is 36.9 Å². The Morgan fingerprint density at radius 1 is 1.07 bits per heavy atom. The molecule has 6 nitrogen and oxygen atoms in total. The Morgan fingerprint density at radius 3 is 2.46 bits per heavy atom. The van der Waals surface area contributed by atoms with Crippen LogP contribution in [0.1, 0.15) is 76.3 Å². The lowest BCUT2D eigenvalue weighted by Crippen LogP contribution is -2.49. The Balaban J connectivity index is 2.30. The van der Waals surface area contributed by atoms with E-state index < -0.39 is 0 Å². The quantitative estimate of drug-likeness (QED) is 0.312. The van der Waals surface area contributed by atoms with Crippen LogP contribution < -0.4 is 20.9 Å². The number of amides is 2. The van der Waals surface area contributed by atoms with Crippen LogP contribution in [0.2, 0.25) is 0 Å². The van der Waals surface area contributed by atoms with Crippen LogP contribution in [0.25, 0.3) is 0 Å². The van der Waals surface area contributed by atoms with Crippen molar-refractivity contribution in [3.8, 4) is 5.75 Å². The third-order valence-corrected chi connectivity index (χ3v) is 4.43. The number of hydrazine groups is 1. The summed E-state index contributed by atoms with van der Waals surface area (Å²) in [6.07, 6.45) is 5.80. The van der Waals surface area contributed by atoms with Crippen molar-refractivity contribution in [2.45, 2.75) is 72.1 Å². The second kappa shape index (κ2) is 13.1. The summed E-state index contributed by atoms with van der Waals surface area (Å²) in [7, 11) is 0. The first kappa shape index (κ1) is 23.9. The van der Waals surface area contributed by atoms with Crippen molar-refractivity contribution in [3.63, 3.8) is 0 Å². The van der Waals surface area contributed by atoms with Crippen LogP contribution in [0.3, 0.4) is 0 Å². The van der Waals surface area contributed by atoms with Gasteiger partial charge in [0.2, 0.25) is 5.91 Å².